The zero-order valence-corrected chi connectivity index (χ0v) is 18.7. The lowest BCUT2D eigenvalue weighted by atomic mass is 10.2. The van der Waals surface area contributed by atoms with Crippen molar-refractivity contribution >= 4 is 17.7 Å². The van der Waals surface area contributed by atoms with Crippen molar-refractivity contribution in [3.05, 3.63) is 54.2 Å². The molecule has 2 rings (SSSR count). The average Bonchev–Trinajstić information content (AvgIpc) is 3.55. The van der Waals surface area contributed by atoms with Gasteiger partial charge in [-0.3, -0.25) is 14.5 Å². The average molecular weight is 428 g/mol. The SMILES string of the molecule is C=C/C(NC(=O)c1cc(N(CCC)CC2CC2)ncn1)=C(C)\C=C\CN(C)CC(=O)O. The molecule has 168 valence electrons. The quantitative estimate of drug-likeness (QED) is 0.467. The highest BCUT2D eigenvalue weighted by Gasteiger charge is 2.25. The first kappa shape index (κ1) is 24.3. The smallest absolute Gasteiger partial charge is 0.317 e. The van der Waals surface area contributed by atoms with Gasteiger partial charge in [-0.05, 0) is 50.8 Å². The molecule has 8 heteroatoms. The van der Waals surface area contributed by atoms with Crippen LogP contribution in [0.25, 0.3) is 0 Å². The molecular formula is C23H33N5O3. The lowest BCUT2D eigenvalue weighted by molar-refractivity contribution is -0.137. The minimum absolute atomic E-state index is 0.0377. The molecule has 1 amide bonds. The number of nitrogens with zero attached hydrogens (tertiary/aromatic N) is 4. The molecule has 0 saturated heterocycles. The van der Waals surface area contributed by atoms with Gasteiger partial charge in [0.15, 0.2) is 0 Å². The van der Waals surface area contributed by atoms with E-state index < -0.39 is 5.97 Å². The number of carbonyl (C=O) groups excluding carboxylic acids is 1. The first-order chi connectivity index (χ1) is 14.8. The van der Waals surface area contributed by atoms with E-state index in [0.29, 0.717) is 17.9 Å². The molecule has 0 unspecified atom stereocenters. The Balaban J connectivity index is 2.06. The predicted octanol–water partition coefficient (Wildman–Crippen LogP) is 2.87. The van der Waals surface area contributed by atoms with Gasteiger partial charge < -0.3 is 15.3 Å². The maximum Gasteiger partial charge on any atom is 0.317 e. The van der Waals surface area contributed by atoms with Crippen LogP contribution in [0.3, 0.4) is 0 Å². The van der Waals surface area contributed by atoms with Gasteiger partial charge in [0.25, 0.3) is 5.91 Å². The molecule has 1 heterocycles. The highest BCUT2D eigenvalue weighted by atomic mass is 16.4. The molecule has 1 aliphatic carbocycles. The van der Waals surface area contributed by atoms with Gasteiger partial charge in [-0.1, -0.05) is 25.7 Å². The normalized spacial score (nSPS) is 14.5. The summed E-state index contributed by atoms with van der Waals surface area (Å²) < 4.78 is 0. The summed E-state index contributed by atoms with van der Waals surface area (Å²) in [5.41, 5.74) is 1.69. The highest BCUT2D eigenvalue weighted by Crippen LogP contribution is 2.31. The van der Waals surface area contributed by atoms with Crippen LogP contribution in [0.15, 0.2) is 48.5 Å². The summed E-state index contributed by atoms with van der Waals surface area (Å²) in [5, 5.41) is 11.7. The summed E-state index contributed by atoms with van der Waals surface area (Å²) in [6.07, 6.45) is 10.2. The number of aromatic nitrogens is 2. The maximum absolute atomic E-state index is 12.8. The largest absolute Gasteiger partial charge is 0.480 e. The number of carbonyl (C=O) groups is 2. The Hall–Kier alpha value is -3.00. The zero-order valence-electron chi connectivity index (χ0n) is 18.7. The number of hydrogen-bond donors (Lipinski definition) is 2. The molecule has 0 aliphatic heterocycles. The Morgan fingerprint density at radius 1 is 1.35 bits per heavy atom. The number of hydrogen-bond acceptors (Lipinski definition) is 6. The number of likely N-dealkylation sites (N-methyl/N-ethyl adjacent to an activating group) is 1. The van der Waals surface area contributed by atoms with Crippen molar-refractivity contribution in [1.29, 1.82) is 0 Å². The van der Waals surface area contributed by atoms with Gasteiger partial charge in [0.1, 0.15) is 17.8 Å². The molecule has 1 aromatic heterocycles. The summed E-state index contributed by atoms with van der Waals surface area (Å²) in [6.45, 7) is 10.1. The molecule has 1 saturated carbocycles. The van der Waals surface area contributed by atoms with E-state index >= 15 is 0 Å². The third-order valence-electron chi connectivity index (χ3n) is 4.95. The Bertz CT molecular complexity index is 845. The third kappa shape index (κ3) is 8.33. The number of aliphatic carboxylic acids is 1. The van der Waals surface area contributed by atoms with Gasteiger partial charge in [-0.25, -0.2) is 9.97 Å². The summed E-state index contributed by atoms with van der Waals surface area (Å²) >= 11 is 0. The van der Waals surface area contributed by atoms with E-state index in [1.165, 1.54) is 19.2 Å². The van der Waals surface area contributed by atoms with Gasteiger partial charge in [-0.2, -0.15) is 0 Å². The van der Waals surface area contributed by atoms with Crippen LogP contribution in [-0.4, -0.2) is 65.1 Å². The Morgan fingerprint density at radius 2 is 2.10 bits per heavy atom. The first-order valence-electron chi connectivity index (χ1n) is 10.6. The topological polar surface area (TPSA) is 98.7 Å². The summed E-state index contributed by atoms with van der Waals surface area (Å²) in [6, 6.07) is 1.74. The number of carboxylic acid groups (broad SMARTS) is 1. The van der Waals surface area contributed by atoms with E-state index in [-0.39, 0.29) is 12.5 Å². The highest BCUT2D eigenvalue weighted by molar-refractivity contribution is 5.94. The van der Waals surface area contributed by atoms with Crippen LogP contribution in [0.4, 0.5) is 5.82 Å². The molecule has 0 aromatic carbocycles. The molecule has 0 radical (unpaired) electrons. The molecule has 1 aliphatic rings. The zero-order chi connectivity index (χ0) is 22.8. The van der Waals surface area contributed by atoms with E-state index in [4.69, 9.17) is 5.11 Å². The molecule has 0 bridgehead atoms. The van der Waals surface area contributed by atoms with Crippen LogP contribution in [0.5, 0.6) is 0 Å². The molecule has 1 fully saturated rings. The van der Waals surface area contributed by atoms with Gasteiger partial charge in [0.05, 0.1) is 6.54 Å². The molecule has 2 N–H and O–H groups in total. The number of allylic oxidation sites excluding steroid dienone is 3. The molecule has 8 nitrogen and oxygen atoms in total. The van der Waals surface area contributed by atoms with Crippen LogP contribution in [0.1, 0.15) is 43.6 Å². The van der Waals surface area contributed by atoms with Crippen LogP contribution in [0, 0.1) is 5.92 Å². The van der Waals surface area contributed by atoms with Gasteiger partial charge in [-0.15, -0.1) is 0 Å². The third-order valence-corrected chi connectivity index (χ3v) is 4.95. The maximum atomic E-state index is 12.8. The first-order valence-corrected chi connectivity index (χ1v) is 10.6. The second-order valence-corrected chi connectivity index (χ2v) is 7.90. The fourth-order valence-electron chi connectivity index (χ4n) is 3.12. The van der Waals surface area contributed by atoms with Crippen molar-refractivity contribution in [2.45, 2.75) is 33.1 Å². The van der Waals surface area contributed by atoms with Gasteiger partial charge >= 0.3 is 5.97 Å². The van der Waals surface area contributed by atoms with Crippen molar-refractivity contribution in [1.82, 2.24) is 20.2 Å². The van der Waals surface area contributed by atoms with Crippen molar-refractivity contribution in [2.24, 2.45) is 5.92 Å². The molecule has 1 aromatic rings. The molecule has 0 atom stereocenters. The Morgan fingerprint density at radius 3 is 2.71 bits per heavy atom. The Kier molecular flexibility index (Phi) is 9.40. The number of carboxylic acids is 1. The minimum atomic E-state index is -0.874. The predicted molar refractivity (Wildman–Crippen MR) is 122 cm³/mol. The van der Waals surface area contributed by atoms with Crippen LogP contribution in [0.2, 0.25) is 0 Å². The number of nitrogens with one attached hydrogen (secondary N) is 1. The second-order valence-electron chi connectivity index (χ2n) is 7.90. The number of anilines is 1. The summed E-state index contributed by atoms with van der Waals surface area (Å²) in [4.78, 5) is 35.9. The van der Waals surface area contributed by atoms with Crippen molar-refractivity contribution in [2.75, 3.05) is 38.1 Å². The van der Waals surface area contributed by atoms with Crippen molar-refractivity contribution < 1.29 is 14.7 Å². The number of rotatable bonds is 13. The van der Waals surface area contributed by atoms with E-state index in [9.17, 15) is 9.59 Å². The molecule has 0 spiro atoms. The summed E-state index contributed by atoms with van der Waals surface area (Å²) in [5.74, 6) is 0.299. The molecular weight excluding hydrogens is 394 g/mol. The monoisotopic (exact) mass is 427 g/mol. The van der Waals surface area contributed by atoms with E-state index in [2.05, 4.69) is 33.7 Å². The van der Waals surface area contributed by atoms with Crippen molar-refractivity contribution in [3.63, 3.8) is 0 Å². The summed E-state index contributed by atoms with van der Waals surface area (Å²) in [7, 11) is 1.73. The van der Waals surface area contributed by atoms with Gasteiger partial charge in [0, 0.05) is 31.4 Å². The van der Waals surface area contributed by atoms with E-state index in [1.54, 1.807) is 24.1 Å². The van der Waals surface area contributed by atoms with E-state index in [0.717, 1.165) is 36.8 Å². The van der Waals surface area contributed by atoms with Crippen LogP contribution < -0.4 is 10.2 Å². The van der Waals surface area contributed by atoms with Crippen LogP contribution in [-0.2, 0) is 4.79 Å². The fourth-order valence-corrected chi connectivity index (χ4v) is 3.12. The van der Waals surface area contributed by atoms with Crippen molar-refractivity contribution in [3.8, 4) is 0 Å². The lowest BCUT2D eigenvalue weighted by Gasteiger charge is -2.23. The second kappa shape index (κ2) is 12.0. The number of amides is 1. The molecule has 31 heavy (non-hydrogen) atoms. The lowest BCUT2D eigenvalue weighted by Crippen LogP contribution is -2.29. The van der Waals surface area contributed by atoms with Gasteiger partial charge in [0.2, 0.25) is 0 Å². The standard InChI is InChI=1S/C23H33N5O3/c1-5-11-28(14-18-9-10-18)21-13-20(24-16-25-21)23(31)26-19(6-2)17(3)8-7-12-27(4)15-22(29)30/h6-8,13,16,18H,2,5,9-12,14-15H2,1,3-4H3,(H,26,31)(H,29,30)/b8-7+,19-17+. The van der Waals surface area contributed by atoms with E-state index in [1.807, 2.05) is 19.1 Å². The van der Waals surface area contributed by atoms with Crippen LogP contribution >= 0.6 is 0 Å². The Labute approximate surface area is 184 Å². The minimum Gasteiger partial charge on any atom is -0.480 e. The fraction of sp³-hybridized carbons (Fsp3) is 0.478.